The zero-order valence-electron chi connectivity index (χ0n) is 9.08. The first-order valence-electron chi connectivity index (χ1n) is 4.93. The molecule has 86 valence electrons. The lowest BCUT2D eigenvalue weighted by Crippen LogP contribution is -2.26. The van der Waals surface area contributed by atoms with Gasteiger partial charge in [-0.05, 0) is 17.7 Å². The number of nitrogens with zero attached hydrogens (tertiary/aromatic N) is 2. The maximum Gasteiger partial charge on any atom is 0.320 e. The minimum atomic E-state index is 0.0241. The van der Waals surface area contributed by atoms with E-state index in [9.17, 15) is 4.79 Å². The molecule has 1 aromatic carbocycles. The molecule has 2 rings (SSSR count). The summed E-state index contributed by atoms with van der Waals surface area (Å²) in [6.45, 7) is 0.674. The maximum absolute atomic E-state index is 11.6. The van der Waals surface area contributed by atoms with E-state index in [4.69, 9.17) is 23.2 Å². The van der Waals surface area contributed by atoms with Crippen molar-refractivity contribution in [3.05, 3.63) is 33.8 Å². The first-order chi connectivity index (χ1) is 7.50. The molecule has 0 aromatic heterocycles. The van der Waals surface area contributed by atoms with Crippen LogP contribution < -0.4 is 0 Å². The van der Waals surface area contributed by atoms with Crippen molar-refractivity contribution >= 4 is 29.2 Å². The van der Waals surface area contributed by atoms with Crippen LogP contribution in [0.3, 0.4) is 0 Å². The van der Waals surface area contributed by atoms with E-state index in [-0.39, 0.29) is 12.1 Å². The number of hydrogen-bond acceptors (Lipinski definition) is 1. The van der Waals surface area contributed by atoms with Crippen molar-refractivity contribution in [3.8, 4) is 0 Å². The summed E-state index contributed by atoms with van der Waals surface area (Å²) in [6.07, 6.45) is 0. The number of carbonyl (C=O) groups is 1. The number of benzene rings is 1. The number of carbonyl (C=O) groups excluding carboxylic acids is 1. The number of hydrogen-bond donors (Lipinski definition) is 0. The van der Waals surface area contributed by atoms with Gasteiger partial charge in [-0.15, -0.1) is 0 Å². The van der Waals surface area contributed by atoms with E-state index in [1.54, 1.807) is 30.0 Å². The summed E-state index contributed by atoms with van der Waals surface area (Å²) in [5, 5.41) is 1.06. The average Bonchev–Trinajstić information content (AvgIpc) is 2.50. The highest BCUT2D eigenvalue weighted by Crippen LogP contribution is 2.31. The van der Waals surface area contributed by atoms with Gasteiger partial charge in [-0.1, -0.05) is 29.3 Å². The number of urea groups is 1. The molecular weight excluding hydrogens is 247 g/mol. The Kier molecular flexibility index (Phi) is 3.00. The SMILES string of the molecule is CN1CC(c2ccc(Cl)c(Cl)c2)N(C)C1=O. The van der Waals surface area contributed by atoms with Gasteiger partial charge < -0.3 is 9.80 Å². The zero-order valence-corrected chi connectivity index (χ0v) is 10.6. The molecule has 1 aliphatic rings. The van der Waals surface area contributed by atoms with Gasteiger partial charge in [0.05, 0.1) is 16.1 Å². The van der Waals surface area contributed by atoms with Crippen LogP contribution in [0, 0.1) is 0 Å². The maximum atomic E-state index is 11.6. The molecule has 1 unspecified atom stereocenters. The van der Waals surface area contributed by atoms with Crippen LogP contribution in [0.4, 0.5) is 4.79 Å². The van der Waals surface area contributed by atoms with Crippen molar-refractivity contribution in [1.29, 1.82) is 0 Å². The fourth-order valence-corrected chi connectivity index (χ4v) is 2.22. The first-order valence-corrected chi connectivity index (χ1v) is 5.69. The van der Waals surface area contributed by atoms with Crippen molar-refractivity contribution in [2.75, 3.05) is 20.6 Å². The Labute approximate surface area is 105 Å². The molecule has 5 heteroatoms. The molecule has 0 spiro atoms. The molecule has 3 nitrogen and oxygen atoms in total. The van der Waals surface area contributed by atoms with Gasteiger partial charge in [-0.3, -0.25) is 0 Å². The molecular formula is C11H12Cl2N2O. The van der Waals surface area contributed by atoms with Crippen LogP contribution >= 0.6 is 23.2 Å². The second-order valence-electron chi connectivity index (χ2n) is 3.96. The highest BCUT2D eigenvalue weighted by molar-refractivity contribution is 6.42. The van der Waals surface area contributed by atoms with Crippen molar-refractivity contribution in [3.63, 3.8) is 0 Å². The predicted molar refractivity (Wildman–Crippen MR) is 65.0 cm³/mol. The highest BCUT2D eigenvalue weighted by atomic mass is 35.5. The third-order valence-corrected chi connectivity index (χ3v) is 3.61. The summed E-state index contributed by atoms with van der Waals surface area (Å²) in [6, 6.07) is 5.55. The highest BCUT2D eigenvalue weighted by Gasteiger charge is 2.33. The van der Waals surface area contributed by atoms with Crippen LogP contribution in [0.5, 0.6) is 0 Å². The van der Waals surface area contributed by atoms with E-state index >= 15 is 0 Å². The van der Waals surface area contributed by atoms with Gasteiger partial charge in [0.2, 0.25) is 0 Å². The molecule has 0 saturated carbocycles. The van der Waals surface area contributed by atoms with E-state index in [2.05, 4.69) is 0 Å². The second-order valence-corrected chi connectivity index (χ2v) is 4.78. The second kappa shape index (κ2) is 4.15. The number of rotatable bonds is 1. The van der Waals surface area contributed by atoms with Crippen LogP contribution in [0.25, 0.3) is 0 Å². The molecule has 1 aromatic rings. The lowest BCUT2D eigenvalue weighted by molar-refractivity contribution is 0.201. The smallest absolute Gasteiger partial charge is 0.320 e. The van der Waals surface area contributed by atoms with E-state index in [0.29, 0.717) is 16.6 Å². The van der Waals surface area contributed by atoms with Crippen LogP contribution in [0.1, 0.15) is 11.6 Å². The monoisotopic (exact) mass is 258 g/mol. The summed E-state index contributed by atoms with van der Waals surface area (Å²) in [4.78, 5) is 15.0. The molecule has 1 fully saturated rings. The van der Waals surface area contributed by atoms with Crippen LogP contribution in [0.15, 0.2) is 18.2 Å². The van der Waals surface area contributed by atoms with Gasteiger partial charge in [-0.2, -0.15) is 0 Å². The molecule has 1 saturated heterocycles. The van der Waals surface area contributed by atoms with Crippen LogP contribution in [-0.4, -0.2) is 36.5 Å². The van der Waals surface area contributed by atoms with Gasteiger partial charge in [0.15, 0.2) is 0 Å². The predicted octanol–water partition coefficient (Wildman–Crippen LogP) is 3.03. The Bertz CT molecular complexity index is 436. The van der Waals surface area contributed by atoms with Crippen LogP contribution in [-0.2, 0) is 0 Å². The van der Waals surface area contributed by atoms with Crippen molar-refractivity contribution < 1.29 is 4.79 Å². The fourth-order valence-electron chi connectivity index (χ4n) is 1.91. The van der Waals surface area contributed by atoms with E-state index in [0.717, 1.165) is 5.56 Å². The summed E-state index contributed by atoms with van der Waals surface area (Å²) >= 11 is 11.8. The first kappa shape index (κ1) is 11.6. The number of halogens is 2. The Hall–Kier alpha value is -0.930. The van der Waals surface area contributed by atoms with Gasteiger partial charge in [0, 0.05) is 20.6 Å². The zero-order chi connectivity index (χ0) is 11.9. The van der Waals surface area contributed by atoms with Gasteiger partial charge in [0.25, 0.3) is 0 Å². The number of likely N-dealkylation sites (N-methyl/N-ethyl adjacent to an activating group) is 2. The Morgan fingerprint density at radius 1 is 1.25 bits per heavy atom. The summed E-state index contributed by atoms with van der Waals surface area (Å²) < 4.78 is 0. The minimum absolute atomic E-state index is 0.0241. The summed E-state index contributed by atoms with van der Waals surface area (Å²) in [5.41, 5.74) is 1.01. The third-order valence-electron chi connectivity index (χ3n) is 2.87. The average molecular weight is 259 g/mol. The molecule has 1 heterocycles. The Morgan fingerprint density at radius 3 is 2.44 bits per heavy atom. The summed E-state index contributed by atoms with van der Waals surface area (Å²) in [7, 11) is 3.58. The van der Waals surface area contributed by atoms with Crippen molar-refractivity contribution in [2.24, 2.45) is 0 Å². The molecule has 0 aliphatic carbocycles. The van der Waals surface area contributed by atoms with E-state index in [1.165, 1.54) is 0 Å². The molecule has 0 bridgehead atoms. The van der Waals surface area contributed by atoms with Gasteiger partial charge in [0.1, 0.15) is 0 Å². The van der Waals surface area contributed by atoms with Crippen LogP contribution in [0.2, 0.25) is 10.0 Å². The van der Waals surface area contributed by atoms with E-state index in [1.807, 2.05) is 12.1 Å². The van der Waals surface area contributed by atoms with Crippen molar-refractivity contribution in [1.82, 2.24) is 9.80 Å². The van der Waals surface area contributed by atoms with Crippen molar-refractivity contribution in [2.45, 2.75) is 6.04 Å². The molecule has 1 aliphatic heterocycles. The third kappa shape index (κ3) is 1.85. The molecule has 0 N–H and O–H groups in total. The van der Waals surface area contributed by atoms with Gasteiger partial charge >= 0.3 is 6.03 Å². The molecule has 16 heavy (non-hydrogen) atoms. The fraction of sp³-hybridized carbons (Fsp3) is 0.364. The minimum Gasteiger partial charge on any atom is -0.325 e. The lowest BCUT2D eigenvalue weighted by Gasteiger charge is -2.18. The Balaban J connectivity index is 2.32. The Morgan fingerprint density at radius 2 is 1.94 bits per heavy atom. The topological polar surface area (TPSA) is 23.6 Å². The quantitative estimate of drug-likeness (QED) is 0.760. The lowest BCUT2D eigenvalue weighted by atomic mass is 10.1. The molecule has 1 atom stereocenters. The normalized spacial score (nSPS) is 20.8. The summed E-state index contributed by atoms with van der Waals surface area (Å²) in [5.74, 6) is 0. The molecule has 2 amide bonds. The number of amides is 2. The largest absolute Gasteiger partial charge is 0.325 e. The van der Waals surface area contributed by atoms with E-state index < -0.39 is 0 Å². The van der Waals surface area contributed by atoms with Gasteiger partial charge in [-0.25, -0.2) is 4.79 Å². The standard InChI is InChI=1S/C11H12Cl2N2O/c1-14-6-10(15(2)11(14)16)7-3-4-8(12)9(13)5-7/h3-5,10H,6H2,1-2H3. The molecule has 0 radical (unpaired) electrons.